The van der Waals surface area contributed by atoms with Gasteiger partial charge in [-0.2, -0.15) is 0 Å². The van der Waals surface area contributed by atoms with Gasteiger partial charge in [0, 0.05) is 11.4 Å². The average Bonchev–Trinajstić information content (AvgIpc) is 3.31. The molecule has 0 saturated carbocycles. The third-order valence-electron chi connectivity index (χ3n) is 5.53. The van der Waals surface area contributed by atoms with Crippen molar-refractivity contribution in [3.63, 3.8) is 0 Å². The minimum Gasteiger partial charge on any atom is -0.497 e. The van der Waals surface area contributed by atoms with E-state index in [2.05, 4.69) is 10.3 Å². The Labute approximate surface area is 199 Å². The number of rotatable bonds is 7. The van der Waals surface area contributed by atoms with Crippen LogP contribution in [0.4, 0.5) is 0 Å². The summed E-state index contributed by atoms with van der Waals surface area (Å²) in [5.41, 5.74) is 2.41. The molecule has 174 valence electrons. The molecule has 0 aliphatic carbocycles. The summed E-state index contributed by atoms with van der Waals surface area (Å²) in [4.78, 5) is 30.7. The molecule has 1 N–H and O–H groups in total. The van der Waals surface area contributed by atoms with Gasteiger partial charge in [-0.25, -0.2) is 4.98 Å². The number of aromatic nitrogens is 2. The van der Waals surface area contributed by atoms with Gasteiger partial charge in [-0.15, -0.1) is 11.3 Å². The van der Waals surface area contributed by atoms with Gasteiger partial charge < -0.3 is 19.5 Å². The van der Waals surface area contributed by atoms with Gasteiger partial charge in [0.2, 0.25) is 5.91 Å². The van der Waals surface area contributed by atoms with Gasteiger partial charge in [-0.3, -0.25) is 14.2 Å². The van der Waals surface area contributed by atoms with Crippen LogP contribution < -0.4 is 25.1 Å². The summed E-state index contributed by atoms with van der Waals surface area (Å²) < 4.78 is 18.2. The fraction of sp³-hybridized carbons (Fsp3) is 0.240. The molecule has 1 aliphatic heterocycles. The zero-order valence-corrected chi connectivity index (χ0v) is 19.4. The van der Waals surface area contributed by atoms with E-state index in [1.54, 1.807) is 7.11 Å². The number of benzene rings is 2. The second-order valence-electron chi connectivity index (χ2n) is 7.81. The summed E-state index contributed by atoms with van der Waals surface area (Å²) >= 11 is 1.37. The molecule has 0 radical (unpaired) electrons. The molecule has 0 bridgehead atoms. The molecule has 2 aromatic heterocycles. The first-order chi connectivity index (χ1) is 16.6. The summed E-state index contributed by atoms with van der Waals surface area (Å²) in [7, 11) is 1.62. The number of carbonyl (C=O) groups excluding carboxylic acids is 1. The van der Waals surface area contributed by atoms with E-state index in [9.17, 15) is 9.59 Å². The maximum Gasteiger partial charge on any atom is 0.271 e. The standard InChI is InChI=1S/C25H23N3O5S/c1-31-18-5-3-17(4-6-18)22-13-19-24(34-22)25(30)28(15-27-19)14-23(29)26-9-8-16-2-7-20-21(12-16)33-11-10-32-20/h2-7,12-13,15H,8-11,14H2,1H3,(H,26,29). The van der Waals surface area contributed by atoms with Crippen LogP contribution in [0.15, 0.2) is 59.7 Å². The highest BCUT2D eigenvalue weighted by Crippen LogP contribution is 2.32. The van der Waals surface area contributed by atoms with Gasteiger partial charge in [0.1, 0.15) is 30.2 Å². The molecule has 4 aromatic rings. The molecule has 0 unspecified atom stereocenters. The summed E-state index contributed by atoms with van der Waals surface area (Å²) in [6, 6.07) is 15.3. The first-order valence-corrected chi connectivity index (χ1v) is 11.7. The van der Waals surface area contributed by atoms with Crippen LogP contribution in [0.25, 0.3) is 20.7 Å². The summed E-state index contributed by atoms with van der Waals surface area (Å²) in [5, 5.41) is 2.87. The van der Waals surface area contributed by atoms with Gasteiger partial charge >= 0.3 is 0 Å². The van der Waals surface area contributed by atoms with Crippen molar-refractivity contribution in [2.24, 2.45) is 0 Å². The van der Waals surface area contributed by atoms with E-state index in [-0.39, 0.29) is 18.0 Å². The van der Waals surface area contributed by atoms with Gasteiger partial charge in [-0.05, 0) is 60.0 Å². The second kappa shape index (κ2) is 9.56. The molecule has 0 spiro atoms. The van der Waals surface area contributed by atoms with E-state index in [4.69, 9.17) is 14.2 Å². The fourth-order valence-corrected chi connectivity index (χ4v) is 4.82. The van der Waals surface area contributed by atoms with E-state index < -0.39 is 0 Å². The summed E-state index contributed by atoms with van der Waals surface area (Å²) in [5.74, 6) is 1.99. The SMILES string of the molecule is COc1ccc(-c2cc3ncn(CC(=O)NCCc4ccc5c(c4)OCCO5)c(=O)c3s2)cc1. The highest BCUT2D eigenvalue weighted by Gasteiger charge is 2.14. The molecule has 3 heterocycles. The van der Waals surface area contributed by atoms with Crippen molar-refractivity contribution in [3.05, 3.63) is 70.8 Å². The van der Waals surface area contributed by atoms with E-state index in [1.807, 2.05) is 48.5 Å². The van der Waals surface area contributed by atoms with Crippen LogP contribution in [0.5, 0.6) is 17.2 Å². The van der Waals surface area contributed by atoms with Crippen molar-refractivity contribution in [2.75, 3.05) is 26.9 Å². The molecule has 5 rings (SSSR count). The van der Waals surface area contributed by atoms with Crippen molar-refractivity contribution in [2.45, 2.75) is 13.0 Å². The maximum atomic E-state index is 12.9. The Morgan fingerprint density at radius 2 is 1.91 bits per heavy atom. The Bertz CT molecular complexity index is 1390. The molecule has 1 amide bonds. The number of nitrogens with one attached hydrogen (secondary N) is 1. The van der Waals surface area contributed by atoms with Crippen LogP contribution in [0.2, 0.25) is 0 Å². The number of hydrogen-bond donors (Lipinski definition) is 1. The molecule has 0 fully saturated rings. The van der Waals surface area contributed by atoms with E-state index in [1.165, 1.54) is 22.2 Å². The minimum absolute atomic E-state index is 0.0846. The van der Waals surface area contributed by atoms with Crippen LogP contribution in [0, 0.1) is 0 Å². The second-order valence-corrected chi connectivity index (χ2v) is 8.86. The average molecular weight is 478 g/mol. The molecule has 2 aromatic carbocycles. The Balaban J connectivity index is 1.23. The van der Waals surface area contributed by atoms with Crippen molar-refractivity contribution in [1.29, 1.82) is 0 Å². The lowest BCUT2D eigenvalue weighted by molar-refractivity contribution is -0.121. The number of amides is 1. The van der Waals surface area contributed by atoms with Gasteiger partial charge in [0.05, 0.1) is 19.0 Å². The molecule has 0 atom stereocenters. The lowest BCUT2D eigenvalue weighted by atomic mass is 10.1. The summed E-state index contributed by atoms with van der Waals surface area (Å²) in [6.07, 6.45) is 2.07. The molecular formula is C25H23N3O5S. The predicted octanol–water partition coefficient (Wildman–Crippen LogP) is 3.26. The minimum atomic E-state index is -0.243. The van der Waals surface area contributed by atoms with Gasteiger partial charge in [0.25, 0.3) is 5.56 Å². The highest BCUT2D eigenvalue weighted by molar-refractivity contribution is 7.22. The lowest BCUT2D eigenvalue weighted by Crippen LogP contribution is -2.33. The normalized spacial score (nSPS) is 12.5. The monoisotopic (exact) mass is 477 g/mol. The molecule has 0 saturated heterocycles. The quantitative estimate of drug-likeness (QED) is 0.439. The maximum absolute atomic E-state index is 12.9. The fourth-order valence-electron chi connectivity index (χ4n) is 3.76. The van der Waals surface area contributed by atoms with E-state index in [0.29, 0.717) is 36.4 Å². The largest absolute Gasteiger partial charge is 0.497 e. The topological polar surface area (TPSA) is 91.7 Å². The number of hydrogen-bond acceptors (Lipinski definition) is 7. The van der Waals surface area contributed by atoms with E-state index >= 15 is 0 Å². The molecule has 1 aliphatic rings. The molecule has 8 nitrogen and oxygen atoms in total. The molecular weight excluding hydrogens is 454 g/mol. The third kappa shape index (κ3) is 4.60. The number of carbonyl (C=O) groups is 1. The Kier molecular flexibility index (Phi) is 6.18. The van der Waals surface area contributed by atoms with Gasteiger partial charge in [-0.1, -0.05) is 6.07 Å². The smallest absolute Gasteiger partial charge is 0.271 e. The first-order valence-electron chi connectivity index (χ1n) is 10.9. The van der Waals surface area contributed by atoms with Crippen LogP contribution in [-0.4, -0.2) is 42.3 Å². The third-order valence-corrected chi connectivity index (χ3v) is 6.70. The zero-order chi connectivity index (χ0) is 23.5. The number of methoxy groups -OCH3 is 1. The number of fused-ring (bicyclic) bond motifs is 2. The van der Waals surface area contributed by atoms with Crippen LogP contribution in [-0.2, 0) is 17.8 Å². The predicted molar refractivity (Wildman–Crippen MR) is 130 cm³/mol. The van der Waals surface area contributed by atoms with Crippen molar-refractivity contribution < 1.29 is 19.0 Å². The Morgan fingerprint density at radius 1 is 1.12 bits per heavy atom. The van der Waals surface area contributed by atoms with Crippen molar-refractivity contribution >= 4 is 27.5 Å². The zero-order valence-electron chi connectivity index (χ0n) is 18.6. The highest BCUT2D eigenvalue weighted by atomic mass is 32.1. The van der Waals surface area contributed by atoms with Crippen LogP contribution >= 0.6 is 11.3 Å². The van der Waals surface area contributed by atoms with Crippen LogP contribution in [0.1, 0.15) is 5.56 Å². The Morgan fingerprint density at radius 3 is 2.71 bits per heavy atom. The van der Waals surface area contributed by atoms with Crippen molar-refractivity contribution in [1.82, 2.24) is 14.9 Å². The molecule has 34 heavy (non-hydrogen) atoms. The molecule has 9 heteroatoms. The van der Waals surface area contributed by atoms with Crippen molar-refractivity contribution in [3.8, 4) is 27.7 Å². The first kappa shape index (κ1) is 22.0. The van der Waals surface area contributed by atoms with Gasteiger partial charge in [0.15, 0.2) is 11.5 Å². The Hall–Kier alpha value is -3.85. The van der Waals surface area contributed by atoms with Crippen LogP contribution in [0.3, 0.4) is 0 Å². The lowest BCUT2D eigenvalue weighted by Gasteiger charge is -2.18. The van der Waals surface area contributed by atoms with E-state index in [0.717, 1.165) is 33.3 Å². The summed E-state index contributed by atoms with van der Waals surface area (Å²) in [6.45, 7) is 1.45. The number of ether oxygens (including phenoxy) is 3. The number of thiophene rings is 1. The number of nitrogens with zero attached hydrogens (tertiary/aromatic N) is 2.